The van der Waals surface area contributed by atoms with Crippen LogP contribution in [0.5, 0.6) is 0 Å². The van der Waals surface area contributed by atoms with E-state index in [0.29, 0.717) is 11.4 Å². The van der Waals surface area contributed by atoms with Gasteiger partial charge in [-0.1, -0.05) is 0 Å². The van der Waals surface area contributed by atoms with Gasteiger partial charge < -0.3 is 10.4 Å². The van der Waals surface area contributed by atoms with E-state index in [1.807, 2.05) is 6.26 Å². The molecule has 0 saturated heterocycles. The van der Waals surface area contributed by atoms with E-state index in [9.17, 15) is 9.90 Å². The van der Waals surface area contributed by atoms with Crippen LogP contribution < -0.4 is 5.32 Å². The smallest absolute Gasteiger partial charge is 0.251 e. The van der Waals surface area contributed by atoms with Crippen molar-refractivity contribution >= 4 is 17.7 Å². The lowest BCUT2D eigenvalue weighted by atomic mass is 10.1. The molecular weight excluding hydrogens is 302 g/mol. The minimum absolute atomic E-state index is 0.0613. The van der Waals surface area contributed by atoms with E-state index in [1.54, 1.807) is 47.6 Å². The maximum atomic E-state index is 12.2. The molecule has 1 aromatic heterocycles. The van der Waals surface area contributed by atoms with Crippen molar-refractivity contribution < 1.29 is 9.90 Å². The molecule has 2 aromatic rings. The van der Waals surface area contributed by atoms with Crippen molar-refractivity contribution in [3.8, 4) is 5.69 Å². The molecule has 8 heteroatoms. The van der Waals surface area contributed by atoms with Crippen molar-refractivity contribution in [3.05, 3.63) is 35.7 Å². The number of rotatable bonds is 7. The summed E-state index contributed by atoms with van der Waals surface area (Å²) in [6, 6.07) is 6.78. The number of aromatic nitrogens is 4. The number of thioether (sulfide) groups is 1. The number of nitrogens with zero attached hydrogens (tertiary/aromatic N) is 4. The van der Waals surface area contributed by atoms with Crippen LogP contribution in [-0.4, -0.2) is 55.9 Å². The van der Waals surface area contributed by atoms with E-state index in [0.717, 1.165) is 17.9 Å². The highest BCUT2D eigenvalue weighted by atomic mass is 32.2. The van der Waals surface area contributed by atoms with Crippen LogP contribution >= 0.6 is 11.8 Å². The molecule has 0 bridgehead atoms. The van der Waals surface area contributed by atoms with Crippen LogP contribution in [-0.2, 0) is 0 Å². The van der Waals surface area contributed by atoms with Gasteiger partial charge in [-0.15, -0.1) is 5.10 Å². The lowest BCUT2D eigenvalue weighted by Gasteiger charge is -2.15. The third-order valence-electron chi connectivity index (χ3n) is 3.23. The number of hydrogen-bond acceptors (Lipinski definition) is 6. The highest BCUT2D eigenvalue weighted by molar-refractivity contribution is 7.98. The van der Waals surface area contributed by atoms with Gasteiger partial charge in [-0.05, 0) is 60.0 Å². The predicted octanol–water partition coefficient (Wildman–Crippen LogP) is 0.815. The summed E-state index contributed by atoms with van der Waals surface area (Å²) in [4.78, 5) is 12.2. The Bertz CT molecular complexity index is 614. The normalized spacial score (nSPS) is 12.1. The Morgan fingerprint density at radius 3 is 2.68 bits per heavy atom. The summed E-state index contributed by atoms with van der Waals surface area (Å²) in [6.45, 7) is 1.74. The first kappa shape index (κ1) is 16.4. The summed E-state index contributed by atoms with van der Waals surface area (Å²) < 4.78 is 1.59. The second-order valence-electron chi connectivity index (χ2n) is 4.82. The zero-order valence-corrected chi connectivity index (χ0v) is 13.4. The average Bonchev–Trinajstić information content (AvgIpc) is 2.97. The lowest BCUT2D eigenvalue weighted by Crippen LogP contribution is -2.37. The van der Waals surface area contributed by atoms with Crippen LogP contribution in [0.15, 0.2) is 24.3 Å². The summed E-state index contributed by atoms with van der Waals surface area (Å²) >= 11 is 1.69. The lowest BCUT2D eigenvalue weighted by molar-refractivity contribution is 0.0915. The summed E-state index contributed by atoms with van der Waals surface area (Å²) in [5.41, 5.74) is 1.33. The second kappa shape index (κ2) is 7.90. The number of carbonyl (C=O) groups is 1. The maximum absolute atomic E-state index is 12.2. The Morgan fingerprint density at radius 2 is 2.14 bits per heavy atom. The summed E-state index contributed by atoms with van der Waals surface area (Å²) in [7, 11) is 0. The molecule has 22 heavy (non-hydrogen) atoms. The number of nitrogens with one attached hydrogen (secondary N) is 1. The maximum Gasteiger partial charge on any atom is 0.251 e. The summed E-state index contributed by atoms with van der Waals surface area (Å²) in [5, 5.41) is 23.4. The van der Waals surface area contributed by atoms with Gasteiger partial charge in [0.15, 0.2) is 5.82 Å². The molecule has 2 N–H and O–H groups in total. The van der Waals surface area contributed by atoms with Crippen LogP contribution in [0, 0.1) is 6.92 Å². The Balaban J connectivity index is 2.03. The minimum atomic E-state index is -0.221. The molecule has 0 unspecified atom stereocenters. The van der Waals surface area contributed by atoms with E-state index < -0.39 is 0 Å². The first-order valence-corrected chi connectivity index (χ1v) is 8.31. The molecule has 7 nitrogen and oxygen atoms in total. The van der Waals surface area contributed by atoms with Crippen molar-refractivity contribution in [2.24, 2.45) is 0 Å². The number of aliphatic hydroxyl groups is 1. The zero-order valence-electron chi connectivity index (χ0n) is 12.6. The van der Waals surface area contributed by atoms with Crippen LogP contribution in [0.2, 0.25) is 0 Å². The monoisotopic (exact) mass is 321 g/mol. The first-order chi connectivity index (χ1) is 10.7. The Kier molecular flexibility index (Phi) is 5.91. The minimum Gasteiger partial charge on any atom is -0.394 e. The number of aliphatic hydroxyl groups excluding tert-OH is 1. The van der Waals surface area contributed by atoms with Crippen molar-refractivity contribution in [1.82, 2.24) is 25.5 Å². The fourth-order valence-corrected chi connectivity index (χ4v) is 2.48. The predicted molar refractivity (Wildman–Crippen MR) is 85.2 cm³/mol. The van der Waals surface area contributed by atoms with E-state index in [1.165, 1.54) is 0 Å². The number of carbonyl (C=O) groups excluding carboxylic acids is 1. The van der Waals surface area contributed by atoms with E-state index in [-0.39, 0.29) is 18.6 Å². The third-order valence-corrected chi connectivity index (χ3v) is 3.87. The molecule has 1 aromatic carbocycles. The molecule has 0 aliphatic carbocycles. The zero-order chi connectivity index (χ0) is 15.9. The topological polar surface area (TPSA) is 92.9 Å². The van der Waals surface area contributed by atoms with Crippen molar-refractivity contribution in [1.29, 1.82) is 0 Å². The average molecular weight is 321 g/mol. The third kappa shape index (κ3) is 4.05. The molecule has 2 rings (SSSR count). The Labute approximate surface area is 133 Å². The van der Waals surface area contributed by atoms with Crippen LogP contribution in [0.1, 0.15) is 22.6 Å². The number of aryl methyl sites for hydroxylation is 1. The number of hydrogen-bond donors (Lipinski definition) is 2. The number of benzene rings is 1. The van der Waals surface area contributed by atoms with E-state index >= 15 is 0 Å². The van der Waals surface area contributed by atoms with Gasteiger partial charge in [-0.3, -0.25) is 4.79 Å². The fourth-order valence-electron chi connectivity index (χ4n) is 1.96. The molecule has 1 atom stereocenters. The molecule has 1 amide bonds. The quantitative estimate of drug-likeness (QED) is 0.784. The van der Waals surface area contributed by atoms with Crippen molar-refractivity contribution in [2.75, 3.05) is 18.6 Å². The van der Waals surface area contributed by atoms with Gasteiger partial charge in [-0.25, -0.2) is 0 Å². The standard InChI is InChI=1S/C14H19N5O2S/c1-10-16-17-18-19(10)13-5-3-11(4-6-13)14(21)15-12(9-20)7-8-22-2/h3-6,12,20H,7-9H2,1-2H3,(H,15,21)/t12-/m0/s1. The van der Waals surface area contributed by atoms with Gasteiger partial charge in [0.25, 0.3) is 5.91 Å². The van der Waals surface area contributed by atoms with Gasteiger partial charge in [0.2, 0.25) is 0 Å². The van der Waals surface area contributed by atoms with E-state index in [4.69, 9.17) is 0 Å². The van der Waals surface area contributed by atoms with Gasteiger partial charge in [0, 0.05) is 5.56 Å². The highest BCUT2D eigenvalue weighted by Crippen LogP contribution is 2.10. The van der Waals surface area contributed by atoms with Crippen molar-refractivity contribution in [2.45, 2.75) is 19.4 Å². The molecule has 1 heterocycles. The molecule has 0 radical (unpaired) electrons. The van der Waals surface area contributed by atoms with Gasteiger partial charge in [0.05, 0.1) is 18.3 Å². The number of tetrazole rings is 1. The second-order valence-corrected chi connectivity index (χ2v) is 5.80. The molecule has 0 saturated carbocycles. The van der Waals surface area contributed by atoms with Crippen molar-refractivity contribution in [3.63, 3.8) is 0 Å². The Morgan fingerprint density at radius 1 is 1.41 bits per heavy atom. The van der Waals surface area contributed by atoms with Crippen LogP contribution in [0.4, 0.5) is 0 Å². The molecule has 0 spiro atoms. The highest BCUT2D eigenvalue weighted by Gasteiger charge is 2.13. The van der Waals surface area contributed by atoms with Gasteiger partial charge in [-0.2, -0.15) is 16.4 Å². The molecule has 0 fully saturated rings. The van der Waals surface area contributed by atoms with E-state index in [2.05, 4.69) is 20.8 Å². The molecule has 118 valence electrons. The van der Waals surface area contributed by atoms with Crippen LogP contribution in [0.3, 0.4) is 0 Å². The number of amides is 1. The molecular formula is C14H19N5O2S. The molecule has 0 aliphatic rings. The van der Waals surface area contributed by atoms with Gasteiger partial charge in [0.1, 0.15) is 0 Å². The Hall–Kier alpha value is -1.93. The van der Waals surface area contributed by atoms with Gasteiger partial charge >= 0.3 is 0 Å². The largest absolute Gasteiger partial charge is 0.394 e. The first-order valence-electron chi connectivity index (χ1n) is 6.91. The molecule has 0 aliphatic heterocycles. The summed E-state index contributed by atoms with van der Waals surface area (Å²) in [5.74, 6) is 1.37. The SMILES string of the molecule is CSCC[C@@H](CO)NC(=O)c1ccc(-n2nnnc2C)cc1. The van der Waals surface area contributed by atoms with Crippen LogP contribution in [0.25, 0.3) is 5.69 Å². The summed E-state index contributed by atoms with van der Waals surface area (Å²) in [6.07, 6.45) is 2.74. The fraction of sp³-hybridized carbons (Fsp3) is 0.429.